The van der Waals surface area contributed by atoms with E-state index in [1.165, 1.54) is 12.1 Å². The van der Waals surface area contributed by atoms with Crippen molar-refractivity contribution in [3.63, 3.8) is 0 Å². The molecule has 1 aliphatic rings. The number of halogens is 6. The number of benzene rings is 1. The lowest BCUT2D eigenvalue weighted by molar-refractivity contribution is -0.155. The van der Waals surface area contributed by atoms with Crippen LogP contribution in [0.25, 0.3) is 0 Å². The first-order valence-corrected chi connectivity index (χ1v) is 6.50. The predicted molar refractivity (Wildman–Crippen MR) is 70.5 cm³/mol. The van der Waals surface area contributed by atoms with Crippen molar-refractivity contribution in [3.05, 3.63) is 47.7 Å². The number of hydrogen-bond acceptors (Lipinski definition) is 2. The highest BCUT2D eigenvalue weighted by atomic mass is 19.4. The van der Waals surface area contributed by atoms with Gasteiger partial charge in [-0.05, 0) is 18.1 Å². The second-order valence-corrected chi connectivity index (χ2v) is 4.95. The van der Waals surface area contributed by atoms with Crippen molar-refractivity contribution in [2.75, 3.05) is 0 Å². The van der Waals surface area contributed by atoms with Crippen LogP contribution < -0.4 is 0 Å². The van der Waals surface area contributed by atoms with Crippen LogP contribution in [0, 0.1) is 17.2 Å². The van der Waals surface area contributed by atoms with Gasteiger partial charge in [-0.2, -0.15) is 31.6 Å². The highest BCUT2D eigenvalue weighted by Gasteiger charge is 2.45. The summed E-state index contributed by atoms with van der Waals surface area (Å²) < 4.78 is 77.4. The Morgan fingerprint density at radius 2 is 1.87 bits per heavy atom. The number of allylic oxidation sites excluding steroid dienone is 1. The van der Waals surface area contributed by atoms with Gasteiger partial charge in [-0.1, -0.05) is 24.3 Å². The van der Waals surface area contributed by atoms with Gasteiger partial charge in [-0.25, -0.2) is 0 Å². The van der Waals surface area contributed by atoms with E-state index in [4.69, 9.17) is 0 Å². The molecule has 1 aromatic carbocycles. The Balaban J connectivity index is 2.46. The molecule has 2 rings (SSSR count). The highest BCUT2D eigenvalue weighted by molar-refractivity contribution is 5.96. The first kappa shape index (κ1) is 17.1. The zero-order chi connectivity index (χ0) is 17.3. The third-order valence-electron chi connectivity index (χ3n) is 3.43. The maximum atomic E-state index is 13.1. The molecule has 2 unspecified atom stereocenters. The topological polar surface area (TPSA) is 36.1 Å². The maximum Gasteiger partial charge on any atom is 0.416 e. The maximum absolute atomic E-state index is 13.1. The Kier molecular flexibility index (Phi) is 4.50. The highest BCUT2D eigenvalue weighted by Crippen LogP contribution is 2.38. The van der Waals surface area contributed by atoms with Crippen LogP contribution in [0.15, 0.2) is 41.5 Å². The minimum Gasteiger partial charge on any atom is -0.264 e. The quantitative estimate of drug-likeness (QED) is 0.713. The Morgan fingerprint density at radius 1 is 1.17 bits per heavy atom. The van der Waals surface area contributed by atoms with Crippen LogP contribution in [0.5, 0.6) is 0 Å². The molecule has 0 saturated carbocycles. The van der Waals surface area contributed by atoms with Gasteiger partial charge in [0.05, 0.1) is 23.3 Å². The van der Waals surface area contributed by atoms with Crippen LogP contribution in [0.1, 0.15) is 23.5 Å². The van der Waals surface area contributed by atoms with Gasteiger partial charge in [0.15, 0.2) is 0 Å². The van der Waals surface area contributed by atoms with Gasteiger partial charge in [0.1, 0.15) is 5.92 Å². The molecule has 1 aliphatic heterocycles. The molecule has 0 aromatic heterocycles. The van der Waals surface area contributed by atoms with Crippen LogP contribution in [-0.4, -0.2) is 11.9 Å². The molecule has 0 spiro atoms. The predicted octanol–water partition coefficient (Wildman–Crippen LogP) is 4.85. The average Bonchev–Trinajstić information content (AvgIpc) is 2.47. The van der Waals surface area contributed by atoms with E-state index in [-0.39, 0.29) is 12.0 Å². The van der Waals surface area contributed by atoms with Gasteiger partial charge in [0, 0.05) is 6.20 Å². The van der Waals surface area contributed by atoms with Gasteiger partial charge in [0.25, 0.3) is 0 Å². The molecule has 0 N–H and O–H groups in total. The van der Waals surface area contributed by atoms with Gasteiger partial charge >= 0.3 is 12.4 Å². The van der Waals surface area contributed by atoms with Crippen molar-refractivity contribution in [2.24, 2.45) is 10.9 Å². The molecule has 0 saturated heterocycles. The van der Waals surface area contributed by atoms with Crippen molar-refractivity contribution >= 4 is 5.71 Å². The molecule has 0 fully saturated rings. The molecular formula is C15H10F6N2. The third kappa shape index (κ3) is 3.73. The Labute approximate surface area is 127 Å². The standard InChI is InChI=1S/C15H10F6N2/c16-14(17,18)10-4-1-3-9(7-10)11(8-22)13-12(15(19,20)21)5-2-6-23-13/h1-4,6-7,11-12H,5H2. The number of rotatable bonds is 2. The van der Waals surface area contributed by atoms with Crippen LogP contribution >= 0.6 is 0 Å². The Hall–Kier alpha value is -2.30. The number of nitrogens with zero attached hydrogens (tertiary/aromatic N) is 2. The van der Waals surface area contributed by atoms with E-state index in [9.17, 15) is 31.6 Å². The SMILES string of the molecule is N#CC(C1=NC=CCC1C(F)(F)F)c1cccc(C(F)(F)F)c1. The number of alkyl halides is 6. The summed E-state index contributed by atoms with van der Waals surface area (Å²) in [7, 11) is 0. The smallest absolute Gasteiger partial charge is 0.264 e. The molecule has 0 radical (unpaired) electrons. The summed E-state index contributed by atoms with van der Waals surface area (Å²) in [6.45, 7) is 0. The van der Waals surface area contributed by atoms with Crippen molar-refractivity contribution in [2.45, 2.75) is 24.7 Å². The lowest BCUT2D eigenvalue weighted by Gasteiger charge is -2.26. The summed E-state index contributed by atoms with van der Waals surface area (Å²) in [5.41, 5.74) is -1.67. The van der Waals surface area contributed by atoms with Crippen molar-refractivity contribution in [3.8, 4) is 6.07 Å². The molecule has 0 aliphatic carbocycles. The fourth-order valence-corrected chi connectivity index (χ4v) is 2.33. The van der Waals surface area contributed by atoms with Crippen LogP contribution in [0.4, 0.5) is 26.3 Å². The summed E-state index contributed by atoms with van der Waals surface area (Å²) in [6, 6.07) is 5.36. The molecule has 8 heteroatoms. The normalized spacial score (nSPS) is 19.9. The van der Waals surface area contributed by atoms with Gasteiger partial charge in [0.2, 0.25) is 0 Å². The monoisotopic (exact) mass is 332 g/mol. The van der Waals surface area contributed by atoms with E-state index in [2.05, 4.69) is 4.99 Å². The van der Waals surface area contributed by atoms with Crippen LogP contribution in [-0.2, 0) is 6.18 Å². The molecule has 23 heavy (non-hydrogen) atoms. The first-order chi connectivity index (χ1) is 10.6. The molecule has 1 heterocycles. The summed E-state index contributed by atoms with van der Waals surface area (Å²) in [4.78, 5) is 3.63. The van der Waals surface area contributed by atoms with E-state index >= 15 is 0 Å². The van der Waals surface area contributed by atoms with E-state index < -0.39 is 35.5 Å². The van der Waals surface area contributed by atoms with E-state index in [0.717, 1.165) is 18.3 Å². The van der Waals surface area contributed by atoms with Crippen molar-refractivity contribution in [1.29, 1.82) is 5.26 Å². The van der Waals surface area contributed by atoms with Crippen molar-refractivity contribution < 1.29 is 26.3 Å². The van der Waals surface area contributed by atoms with Gasteiger partial charge in [-0.15, -0.1) is 0 Å². The minimum absolute atomic E-state index is 0.161. The molecule has 122 valence electrons. The third-order valence-corrected chi connectivity index (χ3v) is 3.43. The molecular weight excluding hydrogens is 322 g/mol. The summed E-state index contributed by atoms with van der Waals surface area (Å²) in [6.07, 6.45) is -7.31. The Morgan fingerprint density at radius 3 is 2.43 bits per heavy atom. The molecule has 0 amide bonds. The molecule has 2 nitrogen and oxygen atoms in total. The largest absolute Gasteiger partial charge is 0.416 e. The number of aliphatic imine (C=N–C) groups is 1. The lowest BCUT2D eigenvalue weighted by Crippen LogP contribution is -2.34. The zero-order valence-electron chi connectivity index (χ0n) is 11.5. The van der Waals surface area contributed by atoms with Crippen molar-refractivity contribution in [1.82, 2.24) is 0 Å². The second kappa shape index (κ2) is 6.07. The van der Waals surface area contributed by atoms with Crippen LogP contribution in [0.3, 0.4) is 0 Å². The Bertz CT molecular complexity index is 678. The van der Waals surface area contributed by atoms with Gasteiger partial charge < -0.3 is 0 Å². The number of nitriles is 1. The minimum atomic E-state index is -4.65. The fraction of sp³-hybridized carbons (Fsp3) is 0.333. The van der Waals surface area contributed by atoms with Gasteiger partial charge in [-0.3, -0.25) is 4.99 Å². The fourth-order valence-electron chi connectivity index (χ4n) is 2.33. The molecule has 0 bridgehead atoms. The summed E-state index contributed by atoms with van der Waals surface area (Å²) in [5, 5.41) is 9.21. The lowest BCUT2D eigenvalue weighted by atomic mass is 9.84. The molecule has 1 aromatic rings. The summed E-state index contributed by atoms with van der Waals surface area (Å²) in [5.74, 6) is -3.47. The van der Waals surface area contributed by atoms with E-state index in [1.807, 2.05) is 0 Å². The first-order valence-electron chi connectivity index (χ1n) is 6.50. The zero-order valence-corrected chi connectivity index (χ0v) is 11.5. The number of hydrogen-bond donors (Lipinski definition) is 0. The van der Waals surface area contributed by atoms with Crippen LogP contribution in [0.2, 0.25) is 0 Å². The molecule has 2 atom stereocenters. The van der Waals surface area contributed by atoms with E-state index in [1.54, 1.807) is 6.07 Å². The second-order valence-electron chi connectivity index (χ2n) is 4.95. The van der Waals surface area contributed by atoms with E-state index in [0.29, 0.717) is 6.07 Å². The summed E-state index contributed by atoms with van der Waals surface area (Å²) >= 11 is 0. The average molecular weight is 332 g/mol.